The van der Waals surface area contributed by atoms with Crippen molar-refractivity contribution in [2.45, 2.75) is 84.0 Å². The topological polar surface area (TPSA) is 104 Å². The first-order chi connectivity index (χ1) is 10.7. The van der Waals surface area contributed by atoms with Crippen molar-refractivity contribution in [2.75, 3.05) is 26.2 Å². The quantitative estimate of drug-likeness (QED) is 0.348. The fraction of sp³-hybridized carbons (Fsp3) is 1.00. The number of unbranched alkanes of at least 4 members (excludes halogenated alkanes) is 9. The molecule has 136 valence electrons. The van der Waals surface area contributed by atoms with Gasteiger partial charge < -0.3 is 22.9 Å². The lowest BCUT2D eigenvalue weighted by molar-refractivity contribution is 0.525. The van der Waals surface area contributed by atoms with Crippen LogP contribution in [0.5, 0.6) is 0 Å². The zero-order chi connectivity index (χ0) is 16.9. The molecule has 4 nitrogen and oxygen atoms in total. The van der Waals surface area contributed by atoms with Crippen LogP contribution in [0.1, 0.15) is 84.0 Å². The molecule has 0 aliphatic rings. The maximum absolute atomic E-state index is 5.43. The second kappa shape index (κ2) is 23.1. The van der Waals surface area contributed by atoms with E-state index in [4.69, 9.17) is 22.9 Å². The molecule has 0 aliphatic heterocycles. The van der Waals surface area contributed by atoms with Gasteiger partial charge in [0.2, 0.25) is 0 Å². The first-order valence-corrected chi connectivity index (χ1v) is 9.53. The average molecular weight is 317 g/mol. The van der Waals surface area contributed by atoms with E-state index in [9.17, 15) is 0 Å². The number of hydrogen-bond donors (Lipinski definition) is 4. The predicted molar refractivity (Wildman–Crippen MR) is 101 cm³/mol. The maximum Gasteiger partial charge on any atom is -0.00515 e. The van der Waals surface area contributed by atoms with Crippen LogP contribution in [0.3, 0.4) is 0 Å². The first kappa shape index (κ1) is 24.1. The van der Waals surface area contributed by atoms with Crippen molar-refractivity contribution < 1.29 is 0 Å². The van der Waals surface area contributed by atoms with Crippen LogP contribution < -0.4 is 22.9 Å². The van der Waals surface area contributed by atoms with Gasteiger partial charge in [0, 0.05) is 0 Å². The van der Waals surface area contributed by atoms with Gasteiger partial charge in [-0.3, -0.25) is 0 Å². The summed E-state index contributed by atoms with van der Waals surface area (Å²) in [4.78, 5) is 0. The summed E-state index contributed by atoms with van der Waals surface area (Å²) >= 11 is 0. The average Bonchev–Trinajstić information content (AvgIpc) is 2.55. The zero-order valence-electron chi connectivity index (χ0n) is 15.2. The first-order valence-electron chi connectivity index (χ1n) is 9.53. The Morgan fingerprint density at radius 1 is 0.500 bits per heavy atom. The molecule has 0 amide bonds. The van der Waals surface area contributed by atoms with Crippen LogP contribution in [-0.2, 0) is 0 Å². The molecule has 0 bridgehead atoms. The van der Waals surface area contributed by atoms with Gasteiger partial charge in [0.15, 0.2) is 0 Å². The molecule has 1 atom stereocenters. The molecule has 0 fully saturated rings. The summed E-state index contributed by atoms with van der Waals surface area (Å²) in [6.45, 7) is 5.46. The molecule has 0 heterocycles. The molecule has 0 aromatic carbocycles. The van der Waals surface area contributed by atoms with Crippen LogP contribution in [0.2, 0.25) is 0 Å². The van der Waals surface area contributed by atoms with Crippen molar-refractivity contribution in [1.82, 2.24) is 0 Å². The summed E-state index contributed by atoms with van der Waals surface area (Å²) < 4.78 is 0. The van der Waals surface area contributed by atoms with E-state index < -0.39 is 0 Å². The second-order valence-electron chi connectivity index (χ2n) is 6.38. The second-order valence-corrected chi connectivity index (χ2v) is 6.38. The summed E-state index contributed by atoms with van der Waals surface area (Å²) in [6.07, 6.45) is 15.7. The third kappa shape index (κ3) is 24.8. The molecular weight excluding hydrogens is 272 g/mol. The molecule has 4 heteroatoms. The number of hydrogen-bond acceptors (Lipinski definition) is 4. The van der Waals surface area contributed by atoms with Gasteiger partial charge in [0.1, 0.15) is 0 Å². The van der Waals surface area contributed by atoms with Gasteiger partial charge in [0.05, 0.1) is 0 Å². The Morgan fingerprint density at radius 2 is 0.818 bits per heavy atom. The van der Waals surface area contributed by atoms with Gasteiger partial charge in [-0.25, -0.2) is 0 Å². The van der Waals surface area contributed by atoms with Crippen LogP contribution in [0.4, 0.5) is 0 Å². The maximum atomic E-state index is 5.43. The molecule has 0 radical (unpaired) electrons. The van der Waals surface area contributed by atoms with Crippen molar-refractivity contribution in [3.8, 4) is 0 Å². The molecule has 0 spiro atoms. The summed E-state index contributed by atoms with van der Waals surface area (Å²) in [5.74, 6) is 0.651. The summed E-state index contributed by atoms with van der Waals surface area (Å²) in [5.41, 5.74) is 21.5. The third-order valence-electron chi connectivity index (χ3n) is 3.96. The molecule has 0 aromatic heterocycles. The fourth-order valence-electron chi connectivity index (χ4n) is 2.29. The molecule has 0 aromatic rings. The van der Waals surface area contributed by atoms with Crippen molar-refractivity contribution in [3.63, 3.8) is 0 Å². The van der Waals surface area contributed by atoms with E-state index in [-0.39, 0.29) is 0 Å². The van der Waals surface area contributed by atoms with Gasteiger partial charge in [-0.2, -0.15) is 0 Å². The van der Waals surface area contributed by atoms with E-state index >= 15 is 0 Å². The summed E-state index contributed by atoms with van der Waals surface area (Å²) in [7, 11) is 0. The minimum atomic E-state index is 0.651. The lowest BCUT2D eigenvalue weighted by Crippen LogP contribution is -2.12. The van der Waals surface area contributed by atoms with Crippen molar-refractivity contribution in [3.05, 3.63) is 0 Å². The normalized spacial score (nSPS) is 11.9. The Labute approximate surface area is 139 Å². The third-order valence-corrected chi connectivity index (χ3v) is 3.96. The Hall–Kier alpha value is -0.160. The molecular formula is C18H44N4. The number of rotatable bonds is 15. The highest BCUT2D eigenvalue weighted by atomic mass is 14.5. The summed E-state index contributed by atoms with van der Waals surface area (Å²) in [5, 5.41) is 0. The fourth-order valence-corrected chi connectivity index (χ4v) is 2.29. The van der Waals surface area contributed by atoms with E-state index in [1.165, 1.54) is 70.6 Å². The minimum Gasteiger partial charge on any atom is -0.330 e. The zero-order valence-corrected chi connectivity index (χ0v) is 15.2. The molecule has 0 aliphatic carbocycles. The Kier molecular flexibility index (Phi) is 25.3. The molecule has 0 saturated carbocycles. The van der Waals surface area contributed by atoms with Crippen molar-refractivity contribution in [2.24, 2.45) is 28.9 Å². The Morgan fingerprint density at radius 3 is 1.09 bits per heavy atom. The highest BCUT2D eigenvalue weighted by Gasteiger charge is 1.95. The van der Waals surface area contributed by atoms with Gasteiger partial charge in [0.25, 0.3) is 0 Å². The lowest BCUT2D eigenvalue weighted by atomic mass is 10.1. The van der Waals surface area contributed by atoms with Crippen LogP contribution in [0, 0.1) is 5.92 Å². The van der Waals surface area contributed by atoms with Crippen LogP contribution in [0.25, 0.3) is 0 Å². The highest BCUT2D eigenvalue weighted by Crippen LogP contribution is 2.09. The predicted octanol–water partition coefficient (Wildman–Crippen LogP) is 3.12. The standard InChI is InChI=1S/C12H28N2.C6H16N2/c13-11-9-7-5-3-1-2-4-6-8-10-12-14;1-6(5-8)3-2-4-7/h1-14H2;6H,2-5,7-8H2,1H3. The van der Waals surface area contributed by atoms with E-state index in [1.54, 1.807) is 0 Å². The monoisotopic (exact) mass is 316 g/mol. The lowest BCUT2D eigenvalue weighted by Gasteiger charge is -2.04. The van der Waals surface area contributed by atoms with Crippen LogP contribution in [0.15, 0.2) is 0 Å². The SMILES string of the molecule is CC(CN)CCCN.NCCCCCCCCCCCCN. The smallest absolute Gasteiger partial charge is 0.00515 e. The van der Waals surface area contributed by atoms with Crippen molar-refractivity contribution in [1.29, 1.82) is 0 Å². The summed E-state index contributed by atoms with van der Waals surface area (Å²) in [6, 6.07) is 0. The molecule has 0 rings (SSSR count). The Bertz CT molecular complexity index is 164. The van der Waals surface area contributed by atoms with Crippen LogP contribution >= 0.6 is 0 Å². The largest absolute Gasteiger partial charge is 0.330 e. The van der Waals surface area contributed by atoms with Gasteiger partial charge >= 0.3 is 0 Å². The minimum absolute atomic E-state index is 0.651. The number of nitrogens with two attached hydrogens (primary N) is 4. The van der Waals surface area contributed by atoms with Gasteiger partial charge in [-0.05, 0) is 57.8 Å². The van der Waals surface area contributed by atoms with E-state index in [2.05, 4.69) is 6.92 Å². The highest BCUT2D eigenvalue weighted by molar-refractivity contribution is 4.52. The van der Waals surface area contributed by atoms with Crippen molar-refractivity contribution >= 4 is 0 Å². The molecule has 0 saturated heterocycles. The Balaban J connectivity index is 0. The molecule has 8 N–H and O–H groups in total. The van der Waals surface area contributed by atoms with E-state index in [0.717, 1.165) is 32.6 Å². The van der Waals surface area contributed by atoms with Gasteiger partial charge in [-0.15, -0.1) is 0 Å². The van der Waals surface area contributed by atoms with E-state index in [0.29, 0.717) is 5.92 Å². The van der Waals surface area contributed by atoms with Gasteiger partial charge in [-0.1, -0.05) is 58.3 Å². The van der Waals surface area contributed by atoms with E-state index in [1.807, 2.05) is 0 Å². The van der Waals surface area contributed by atoms with Crippen LogP contribution in [-0.4, -0.2) is 26.2 Å². The molecule has 1 unspecified atom stereocenters. The molecule has 22 heavy (non-hydrogen) atoms.